The lowest BCUT2D eigenvalue weighted by Gasteiger charge is -2.05. The van der Waals surface area contributed by atoms with Crippen LogP contribution in [0.3, 0.4) is 0 Å². The third-order valence-corrected chi connectivity index (χ3v) is 2.06. The largest absolute Gasteiger partial charge is 0.478 e. The molecule has 16 heavy (non-hydrogen) atoms. The van der Waals surface area contributed by atoms with E-state index in [1.807, 2.05) is 30.3 Å². The first kappa shape index (κ1) is 10.2. The molecule has 3 heteroatoms. The maximum atomic E-state index is 10.8. The topological polar surface area (TPSA) is 46.5 Å². The van der Waals surface area contributed by atoms with Gasteiger partial charge >= 0.3 is 5.97 Å². The lowest BCUT2D eigenvalue weighted by atomic mass is 10.2. The molecule has 0 heterocycles. The second-order valence-corrected chi connectivity index (χ2v) is 3.25. The summed E-state index contributed by atoms with van der Waals surface area (Å²) in [5.41, 5.74) is 0.216. The van der Waals surface area contributed by atoms with Crippen LogP contribution in [0.15, 0.2) is 54.6 Å². The molecule has 0 saturated carbocycles. The third kappa shape index (κ3) is 2.39. The van der Waals surface area contributed by atoms with E-state index in [4.69, 9.17) is 9.84 Å². The average molecular weight is 219 g/mol. The Kier molecular flexibility index (Phi) is 2.87. The summed E-state index contributed by atoms with van der Waals surface area (Å²) in [6.07, 6.45) is 0. The van der Waals surface area contributed by atoms with Gasteiger partial charge in [0.05, 0.1) is 5.56 Å². The number of para-hydroxylation sites is 1. The van der Waals surface area contributed by atoms with E-state index in [2.05, 4.69) is 0 Å². The molecule has 0 aliphatic heterocycles. The van der Waals surface area contributed by atoms with Gasteiger partial charge in [0.15, 0.2) is 0 Å². The zero-order valence-electron chi connectivity index (χ0n) is 8.46. The van der Waals surface area contributed by atoms with Crippen LogP contribution in [0.4, 0.5) is 0 Å². The van der Waals surface area contributed by atoms with E-state index in [-0.39, 0.29) is 5.56 Å². The summed E-state index contributed by atoms with van der Waals surface area (Å²) in [4.78, 5) is 10.8. The highest BCUT2D eigenvalue weighted by atomic mass is 16.5. The maximum absolute atomic E-state index is 10.8. The fourth-order valence-corrected chi connectivity index (χ4v) is 1.32. The van der Waals surface area contributed by atoms with Crippen molar-refractivity contribution in [2.24, 2.45) is 0 Å². The lowest BCUT2D eigenvalue weighted by Crippen LogP contribution is -1.95. The highest BCUT2D eigenvalue weighted by molar-refractivity contribution is 5.88. The lowest BCUT2D eigenvalue weighted by molar-refractivity contribution is 0.0696. The Balaban J connectivity index is 2.22. The summed E-state index contributed by atoms with van der Waals surface area (Å²) in [7, 11) is 0. The number of carboxylic acid groups (broad SMARTS) is 1. The van der Waals surface area contributed by atoms with Crippen molar-refractivity contribution in [2.75, 3.05) is 0 Å². The Labute approximate surface area is 92.9 Å². The molecule has 1 N–H and O–H groups in total. The minimum absolute atomic E-state index is 0.216. The van der Waals surface area contributed by atoms with Gasteiger partial charge in [0, 0.05) is 0 Å². The van der Waals surface area contributed by atoms with Crippen LogP contribution in [-0.2, 0) is 0 Å². The van der Waals surface area contributed by atoms with E-state index in [1.165, 1.54) is 12.1 Å². The predicted octanol–water partition coefficient (Wildman–Crippen LogP) is 3.18. The molecule has 3 nitrogen and oxygen atoms in total. The van der Waals surface area contributed by atoms with Crippen molar-refractivity contribution >= 4 is 5.97 Å². The zero-order chi connectivity index (χ0) is 11.4. The quantitative estimate of drug-likeness (QED) is 0.862. The second-order valence-electron chi connectivity index (χ2n) is 3.25. The zero-order valence-corrected chi connectivity index (χ0v) is 8.46. The molecular formula is C13H10O3. The number of aromatic carboxylic acids is 1. The number of hydrogen-bond acceptors (Lipinski definition) is 2. The highest BCUT2D eigenvalue weighted by Crippen LogP contribution is 2.21. The van der Waals surface area contributed by atoms with Gasteiger partial charge in [0.25, 0.3) is 0 Å². The summed E-state index contributed by atoms with van der Waals surface area (Å²) < 4.78 is 5.51. The van der Waals surface area contributed by atoms with E-state index in [0.29, 0.717) is 11.5 Å². The molecule has 0 amide bonds. The number of carboxylic acids is 1. The van der Waals surface area contributed by atoms with Gasteiger partial charge in [-0.25, -0.2) is 4.79 Å². The van der Waals surface area contributed by atoms with Crippen LogP contribution in [0.25, 0.3) is 0 Å². The van der Waals surface area contributed by atoms with Crippen molar-refractivity contribution in [2.45, 2.75) is 0 Å². The average Bonchev–Trinajstić information content (AvgIpc) is 2.30. The number of carbonyl (C=O) groups is 1. The van der Waals surface area contributed by atoms with Gasteiger partial charge in [0.2, 0.25) is 0 Å². The van der Waals surface area contributed by atoms with E-state index < -0.39 is 5.97 Å². The first-order valence-electron chi connectivity index (χ1n) is 4.82. The smallest absolute Gasteiger partial charge is 0.335 e. The molecule has 0 aliphatic carbocycles. The van der Waals surface area contributed by atoms with Crippen LogP contribution in [-0.4, -0.2) is 11.1 Å². The summed E-state index contributed by atoms with van der Waals surface area (Å²) >= 11 is 0. The van der Waals surface area contributed by atoms with Crippen LogP contribution in [0, 0.1) is 0 Å². The van der Waals surface area contributed by atoms with Crippen molar-refractivity contribution in [3.63, 3.8) is 0 Å². The summed E-state index contributed by atoms with van der Waals surface area (Å²) in [5.74, 6) is 0.245. The molecule has 80 valence electrons. The maximum Gasteiger partial charge on any atom is 0.335 e. The molecule has 0 spiro atoms. The van der Waals surface area contributed by atoms with Crippen molar-refractivity contribution in [3.8, 4) is 11.5 Å². The van der Waals surface area contributed by atoms with Crippen molar-refractivity contribution in [1.82, 2.24) is 0 Å². The molecule has 0 saturated heterocycles. The van der Waals surface area contributed by atoms with Crippen LogP contribution in [0.1, 0.15) is 10.4 Å². The molecule has 0 aromatic heterocycles. The number of ether oxygens (including phenoxy) is 1. The molecule has 0 aliphatic rings. The minimum atomic E-state index is -0.960. The van der Waals surface area contributed by atoms with Crippen LogP contribution < -0.4 is 4.74 Å². The number of rotatable bonds is 3. The van der Waals surface area contributed by atoms with Gasteiger partial charge < -0.3 is 9.84 Å². The van der Waals surface area contributed by atoms with Gasteiger partial charge in [-0.3, -0.25) is 0 Å². The highest BCUT2D eigenvalue weighted by Gasteiger charge is 2.04. The molecule has 0 fully saturated rings. The van der Waals surface area contributed by atoms with Gasteiger partial charge in [-0.05, 0) is 30.3 Å². The summed E-state index contributed by atoms with van der Waals surface area (Å²) in [5, 5.41) is 8.82. The van der Waals surface area contributed by atoms with Crippen molar-refractivity contribution < 1.29 is 14.6 Å². The molecule has 0 radical (unpaired) electrons. The van der Waals surface area contributed by atoms with Gasteiger partial charge in [-0.1, -0.05) is 24.3 Å². The predicted molar refractivity (Wildman–Crippen MR) is 59.9 cm³/mol. The van der Waals surface area contributed by atoms with Crippen molar-refractivity contribution in [3.05, 3.63) is 60.2 Å². The van der Waals surface area contributed by atoms with E-state index in [0.717, 1.165) is 0 Å². The van der Waals surface area contributed by atoms with Crippen LogP contribution in [0.2, 0.25) is 0 Å². The van der Waals surface area contributed by atoms with E-state index in [9.17, 15) is 4.79 Å². The van der Waals surface area contributed by atoms with Gasteiger partial charge in [-0.15, -0.1) is 0 Å². The fraction of sp³-hybridized carbons (Fsp3) is 0. The minimum Gasteiger partial charge on any atom is -0.478 e. The van der Waals surface area contributed by atoms with Crippen molar-refractivity contribution in [1.29, 1.82) is 0 Å². The third-order valence-electron chi connectivity index (χ3n) is 2.06. The first-order valence-corrected chi connectivity index (χ1v) is 4.82. The molecule has 2 rings (SSSR count). The standard InChI is InChI=1S/C13H10O3/c14-13(15)10-5-4-8-12(9-10)16-11-6-2-1-3-7-11/h1-9H,(H,14,15)/i1+1,2+1,3+1,6+1,7+1. The summed E-state index contributed by atoms with van der Waals surface area (Å²) in [6.45, 7) is 0. The first-order chi connectivity index (χ1) is 7.75. The normalized spacial score (nSPS) is 9.75. The Hall–Kier alpha value is -2.29. The van der Waals surface area contributed by atoms with E-state index >= 15 is 0 Å². The number of benzene rings is 2. The number of hydrogen-bond donors (Lipinski definition) is 1. The van der Waals surface area contributed by atoms with Crippen LogP contribution in [0.5, 0.6) is 11.5 Å². The van der Waals surface area contributed by atoms with Gasteiger partial charge in [-0.2, -0.15) is 0 Å². The van der Waals surface area contributed by atoms with Crippen LogP contribution >= 0.6 is 0 Å². The monoisotopic (exact) mass is 219 g/mol. The molecule has 2 aromatic carbocycles. The molecule has 2 aromatic rings. The second kappa shape index (κ2) is 4.49. The molecular weight excluding hydrogens is 209 g/mol. The molecule has 0 bridgehead atoms. The fourth-order valence-electron chi connectivity index (χ4n) is 1.32. The summed E-state index contributed by atoms with van der Waals surface area (Å²) in [6, 6.07) is 15.6. The SMILES string of the molecule is O=C(O)c1cccc(Oc2[13cH][13cH][13cH][13cH][13cH]2)c1. The Morgan fingerprint density at radius 1 is 0.938 bits per heavy atom. The Morgan fingerprint density at radius 2 is 1.62 bits per heavy atom. The molecule has 0 unspecified atom stereocenters. The Morgan fingerprint density at radius 3 is 2.31 bits per heavy atom. The van der Waals surface area contributed by atoms with E-state index in [1.54, 1.807) is 12.1 Å². The molecule has 0 atom stereocenters. The van der Waals surface area contributed by atoms with Gasteiger partial charge in [0.1, 0.15) is 11.5 Å². The Bertz CT molecular complexity index is 492.